The van der Waals surface area contributed by atoms with E-state index in [4.69, 9.17) is 0 Å². The molecule has 0 amide bonds. The average molecular weight is 167 g/mol. The molecule has 12 heavy (non-hydrogen) atoms. The number of aryl methyl sites for hydroxylation is 1. The number of hydrogen-bond acceptors (Lipinski definition) is 3. The molecule has 1 heterocycles. The summed E-state index contributed by atoms with van der Waals surface area (Å²) < 4.78 is 0. The van der Waals surface area contributed by atoms with Gasteiger partial charge in [0.2, 0.25) is 0 Å². The molecule has 0 aromatic carbocycles. The molecule has 0 aliphatic carbocycles. The van der Waals surface area contributed by atoms with Gasteiger partial charge in [0.1, 0.15) is 5.82 Å². The highest BCUT2D eigenvalue weighted by Gasteiger charge is 1.94. The zero-order valence-corrected chi connectivity index (χ0v) is 8.50. The van der Waals surface area contributed by atoms with E-state index in [0.717, 1.165) is 11.5 Å². The van der Waals surface area contributed by atoms with Crippen LogP contribution < -0.4 is 4.90 Å². The van der Waals surface area contributed by atoms with Crippen molar-refractivity contribution in [3.63, 3.8) is 0 Å². The van der Waals surface area contributed by atoms with Crippen LogP contribution in [-0.2, 0) is 0 Å². The zero-order valence-electron chi connectivity index (χ0n) is 8.50. The van der Waals surface area contributed by atoms with Crippen LogP contribution in [0.25, 0.3) is 0 Å². The molecular weight excluding hydrogens is 150 g/mol. The Kier molecular flexibility index (Phi) is 5.00. The maximum absolute atomic E-state index is 4.24. The first kappa shape index (κ1) is 10.9. The molecule has 0 aliphatic heterocycles. The third-order valence-corrected chi connectivity index (χ3v) is 1.20. The van der Waals surface area contributed by atoms with Crippen molar-refractivity contribution < 1.29 is 0 Å². The van der Waals surface area contributed by atoms with Crippen molar-refractivity contribution in [2.24, 2.45) is 0 Å². The van der Waals surface area contributed by atoms with Gasteiger partial charge in [0.25, 0.3) is 0 Å². The third kappa shape index (κ3) is 3.32. The lowest BCUT2D eigenvalue weighted by Crippen LogP contribution is -2.11. The Morgan fingerprint density at radius 1 is 1.17 bits per heavy atom. The van der Waals surface area contributed by atoms with E-state index in [1.54, 1.807) is 12.4 Å². The van der Waals surface area contributed by atoms with Crippen LogP contribution in [0.15, 0.2) is 12.4 Å². The maximum atomic E-state index is 4.24. The van der Waals surface area contributed by atoms with E-state index >= 15 is 0 Å². The molecule has 0 N–H and O–H groups in total. The van der Waals surface area contributed by atoms with Crippen LogP contribution in [-0.4, -0.2) is 24.1 Å². The fourth-order valence-electron chi connectivity index (χ4n) is 0.666. The Morgan fingerprint density at radius 2 is 1.75 bits per heavy atom. The molecule has 0 bridgehead atoms. The first-order valence-corrected chi connectivity index (χ1v) is 4.16. The fraction of sp³-hybridized carbons (Fsp3) is 0.556. The predicted octanol–water partition coefficient (Wildman–Crippen LogP) is 1.88. The highest BCUT2D eigenvalue weighted by Crippen LogP contribution is 2.03. The van der Waals surface area contributed by atoms with E-state index in [-0.39, 0.29) is 0 Å². The molecule has 68 valence electrons. The Hall–Kier alpha value is -1.12. The van der Waals surface area contributed by atoms with Crippen molar-refractivity contribution in [3.8, 4) is 0 Å². The monoisotopic (exact) mass is 167 g/mol. The number of nitrogens with zero attached hydrogens (tertiary/aromatic N) is 3. The summed E-state index contributed by atoms with van der Waals surface area (Å²) in [4.78, 5) is 10.2. The maximum Gasteiger partial charge on any atom is 0.146 e. The summed E-state index contributed by atoms with van der Waals surface area (Å²) in [6.45, 7) is 5.93. The highest BCUT2D eigenvalue weighted by molar-refractivity contribution is 5.33. The first-order chi connectivity index (χ1) is 5.70. The largest absolute Gasteiger partial charge is 0.361 e. The number of hydrogen-bond donors (Lipinski definition) is 0. The SMILES string of the molecule is CC.Cc1cncc(N(C)C)n1. The normalized spacial score (nSPS) is 8.42. The highest BCUT2D eigenvalue weighted by atomic mass is 15.1. The molecule has 1 aromatic rings. The van der Waals surface area contributed by atoms with Gasteiger partial charge >= 0.3 is 0 Å². The summed E-state index contributed by atoms with van der Waals surface area (Å²) in [5.74, 6) is 0.903. The molecule has 1 aromatic heterocycles. The molecule has 0 aliphatic rings. The Balaban J connectivity index is 0.000000561. The number of rotatable bonds is 1. The molecule has 3 heteroatoms. The van der Waals surface area contributed by atoms with Crippen LogP contribution in [0.4, 0.5) is 5.82 Å². The first-order valence-electron chi connectivity index (χ1n) is 4.16. The van der Waals surface area contributed by atoms with E-state index < -0.39 is 0 Å². The second kappa shape index (κ2) is 5.52. The van der Waals surface area contributed by atoms with E-state index in [1.165, 1.54) is 0 Å². The van der Waals surface area contributed by atoms with Crippen molar-refractivity contribution in [2.75, 3.05) is 19.0 Å². The fourth-order valence-corrected chi connectivity index (χ4v) is 0.666. The summed E-state index contributed by atoms with van der Waals surface area (Å²) in [5.41, 5.74) is 0.950. The lowest BCUT2D eigenvalue weighted by atomic mass is 10.5. The minimum atomic E-state index is 0.903. The second-order valence-corrected chi connectivity index (χ2v) is 2.41. The van der Waals surface area contributed by atoms with Gasteiger partial charge in [-0.3, -0.25) is 4.98 Å². The molecule has 3 nitrogen and oxygen atoms in total. The van der Waals surface area contributed by atoms with Crippen LogP contribution in [0.2, 0.25) is 0 Å². The molecule has 0 atom stereocenters. The standard InChI is InChI=1S/C7H11N3.C2H6/c1-6-4-8-5-7(9-6)10(2)3;1-2/h4-5H,1-3H3;1-2H3. The lowest BCUT2D eigenvalue weighted by Gasteiger charge is -2.09. The minimum Gasteiger partial charge on any atom is -0.361 e. The predicted molar refractivity (Wildman–Crippen MR) is 52.4 cm³/mol. The summed E-state index contributed by atoms with van der Waals surface area (Å²) in [6, 6.07) is 0. The van der Waals surface area contributed by atoms with Crippen LogP contribution >= 0.6 is 0 Å². The Morgan fingerprint density at radius 3 is 2.08 bits per heavy atom. The molecule has 0 spiro atoms. The quantitative estimate of drug-likeness (QED) is 0.639. The van der Waals surface area contributed by atoms with E-state index in [1.807, 2.05) is 39.8 Å². The van der Waals surface area contributed by atoms with Crippen LogP contribution in [0.3, 0.4) is 0 Å². The van der Waals surface area contributed by atoms with Crippen LogP contribution in [0, 0.1) is 6.92 Å². The summed E-state index contributed by atoms with van der Waals surface area (Å²) in [5, 5.41) is 0. The summed E-state index contributed by atoms with van der Waals surface area (Å²) in [7, 11) is 3.90. The molecule has 0 radical (unpaired) electrons. The van der Waals surface area contributed by atoms with Gasteiger partial charge in [-0.05, 0) is 6.92 Å². The van der Waals surface area contributed by atoms with Gasteiger partial charge in [-0.15, -0.1) is 0 Å². The second-order valence-electron chi connectivity index (χ2n) is 2.41. The van der Waals surface area contributed by atoms with Crippen LogP contribution in [0.1, 0.15) is 19.5 Å². The number of anilines is 1. The van der Waals surface area contributed by atoms with Crippen molar-refractivity contribution >= 4 is 5.82 Å². The van der Waals surface area contributed by atoms with Gasteiger partial charge in [0, 0.05) is 20.3 Å². The van der Waals surface area contributed by atoms with Gasteiger partial charge in [0.05, 0.1) is 11.9 Å². The molecule has 0 unspecified atom stereocenters. The van der Waals surface area contributed by atoms with Crippen molar-refractivity contribution in [3.05, 3.63) is 18.1 Å². The van der Waals surface area contributed by atoms with E-state index in [9.17, 15) is 0 Å². The van der Waals surface area contributed by atoms with Crippen molar-refractivity contribution in [2.45, 2.75) is 20.8 Å². The molecular formula is C9H17N3. The van der Waals surface area contributed by atoms with Gasteiger partial charge in [0.15, 0.2) is 0 Å². The van der Waals surface area contributed by atoms with Crippen molar-refractivity contribution in [1.29, 1.82) is 0 Å². The van der Waals surface area contributed by atoms with E-state index in [2.05, 4.69) is 9.97 Å². The average Bonchev–Trinajstić information content (AvgIpc) is 2.08. The Bertz CT molecular complexity index is 221. The summed E-state index contributed by atoms with van der Waals surface area (Å²) >= 11 is 0. The molecule has 0 saturated heterocycles. The molecule has 1 rings (SSSR count). The molecule has 0 fully saturated rings. The van der Waals surface area contributed by atoms with Crippen molar-refractivity contribution in [1.82, 2.24) is 9.97 Å². The van der Waals surface area contributed by atoms with Gasteiger partial charge in [-0.2, -0.15) is 0 Å². The lowest BCUT2D eigenvalue weighted by molar-refractivity contribution is 1.01. The summed E-state index contributed by atoms with van der Waals surface area (Å²) in [6.07, 6.45) is 3.49. The van der Waals surface area contributed by atoms with E-state index in [0.29, 0.717) is 0 Å². The Labute approximate surface area is 74.5 Å². The smallest absolute Gasteiger partial charge is 0.146 e. The number of aromatic nitrogens is 2. The van der Waals surface area contributed by atoms with Gasteiger partial charge in [-0.25, -0.2) is 4.98 Å². The van der Waals surface area contributed by atoms with Gasteiger partial charge in [-0.1, -0.05) is 13.8 Å². The topological polar surface area (TPSA) is 29.0 Å². The molecule has 0 saturated carbocycles. The van der Waals surface area contributed by atoms with Crippen LogP contribution in [0.5, 0.6) is 0 Å². The van der Waals surface area contributed by atoms with Gasteiger partial charge < -0.3 is 4.90 Å². The zero-order chi connectivity index (χ0) is 9.56. The third-order valence-electron chi connectivity index (χ3n) is 1.20. The minimum absolute atomic E-state index is 0.903.